The second-order valence-electron chi connectivity index (χ2n) is 2.77. The highest BCUT2D eigenvalue weighted by atomic mass is 127. The SMILES string of the molecule is Oc1ccc(C(F)F)c2cc(I)sc12. The van der Waals surface area contributed by atoms with Crippen LogP contribution in [0.2, 0.25) is 0 Å². The van der Waals surface area contributed by atoms with Gasteiger partial charge in [-0.25, -0.2) is 8.78 Å². The molecule has 74 valence electrons. The first kappa shape index (κ1) is 10.1. The van der Waals surface area contributed by atoms with Gasteiger partial charge in [-0.15, -0.1) is 11.3 Å². The van der Waals surface area contributed by atoms with Crippen molar-refractivity contribution in [2.24, 2.45) is 0 Å². The number of aromatic hydroxyl groups is 1. The van der Waals surface area contributed by atoms with Gasteiger partial charge in [0, 0.05) is 10.9 Å². The van der Waals surface area contributed by atoms with Crippen LogP contribution in [0.5, 0.6) is 5.75 Å². The number of rotatable bonds is 1. The lowest BCUT2D eigenvalue weighted by Gasteiger charge is -2.02. The lowest BCUT2D eigenvalue weighted by atomic mass is 10.1. The van der Waals surface area contributed by atoms with Gasteiger partial charge >= 0.3 is 0 Å². The molecule has 0 saturated heterocycles. The van der Waals surface area contributed by atoms with E-state index in [2.05, 4.69) is 22.6 Å². The van der Waals surface area contributed by atoms with Crippen molar-refractivity contribution in [3.05, 3.63) is 26.6 Å². The molecule has 0 bridgehead atoms. The van der Waals surface area contributed by atoms with Gasteiger partial charge in [-0.05, 0) is 40.8 Å². The van der Waals surface area contributed by atoms with Crippen LogP contribution in [0.3, 0.4) is 0 Å². The van der Waals surface area contributed by atoms with Crippen LogP contribution in [-0.4, -0.2) is 5.11 Å². The number of thiophene rings is 1. The van der Waals surface area contributed by atoms with E-state index in [9.17, 15) is 13.9 Å². The van der Waals surface area contributed by atoms with Crippen LogP contribution in [0.25, 0.3) is 10.1 Å². The summed E-state index contributed by atoms with van der Waals surface area (Å²) in [6.45, 7) is 0. The van der Waals surface area contributed by atoms with Gasteiger partial charge in [0.1, 0.15) is 5.75 Å². The quantitative estimate of drug-likeness (QED) is 0.781. The monoisotopic (exact) mass is 326 g/mol. The van der Waals surface area contributed by atoms with Gasteiger partial charge in [-0.3, -0.25) is 0 Å². The number of phenols is 1. The minimum atomic E-state index is -2.50. The van der Waals surface area contributed by atoms with Gasteiger partial charge in [0.15, 0.2) is 0 Å². The maximum Gasteiger partial charge on any atom is 0.264 e. The highest BCUT2D eigenvalue weighted by Gasteiger charge is 2.15. The van der Waals surface area contributed by atoms with Crippen molar-refractivity contribution in [3.63, 3.8) is 0 Å². The summed E-state index contributed by atoms with van der Waals surface area (Å²) < 4.78 is 26.5. The smallest absolute Gasteiger partial charge is 0.264 e. The Kier molecular flexibility index (Phi) is 2.61. The summed E-state index contributed by atoms with van der Waals surface area (Å²) in [7, 11) is 0. The van der Waals surface area contributed by atoms with Gasteiger partial charge in [-0.1, -0.05) is 0 Å². The zero-order chi connectivity index (χ0) is 10.3. The Hall–Kier alpha value is -0.430. The molecule has 0 unspecified atom stereocenters. The van der Waals surface area contributed by atoms with E-state index >= 15 is 0 Å². The van der Waals surface area contributed by atoms with Gasteiger partial charge in [-0.2, -0.15) is 0 Å². The van der Waals surface area contributed by atoms with Gasteiger partial charge in [0.2, 0.25) is 0 Å². The molecule has 1 heterocycles. The van der Waals surface area contributed by atoms with Crippen molar-refractivity contribution in [2.45, 2.75) is 6.43 Å². The van der Waals surface area contributed by atoms with Crippen molar-refractivity contribution < 1.29 is 13.9 Å². The first-order valence-corrected chi connectivity index (χ1v) is 5.68. The molecule has 0 spiro atoms. The molecule has 0 radical (unpaired) electrons. The van der Waals surface area contributed by atoms with Crippen molar-refractivity contribution in [1.82, 2.24) is 0 Å². The van der Waals surface area contributed by atoms with E-state index < -0.39 is 6.43 Å². The molecular weight excluding hydrogens is 321 g/mol. The molecule has 2 rings (SSSR count). The largest absolute Gasteiger partial charge is 0.506 e. The molecule has 0 aliphatic carbocycles. The number of hydrogen-bond acceptors (Lipinski definition) is 2. The first-order chi connectivity index (χ1) is 6.59. The molecule has 0 atom stereocenters. The fourth-order valence-electron chi connectivity index (χ4n) is 1.29. The number of alkyl halides is 2. The standard InChI is InChI=1S/C9H5F2IOS/c10-9(11)4-1-2-6(13)8-5(4)3-7(12)14-8/h1-3,9,13H. The van der Waals surface area contributed by atoms with Crippen LogP contribution in [-0.2, 0) is 0 Å². The van der Waals surface area contributed by atoms with Crippen molar-refractivity contribution in [1.29, 1.82) is 0 Å². The highest BCUT2D eigenvalue weighted by Crippen LogP contribution is 2.38. The second kappa shape index (κ2) is 3.62. The molecule has 1 N–H and O–H groups in total. The minimum Gasteiger partial charge on any atom is -0.506 e. The highest BCUT2D eigenvalue weighted by molar-refractivity contribution is 14.1. The molecule has 14 heavy (non-hydrogen) atoms. The third kappa shape index (κ3) is 1.58. The molecule has 0 aliphatic heterocycles. The van der Waals surface area contributed by atoms with Crippen LogP contribution >= 0.6 is 33.9 Å². The molecule has 1 nitrogen and oxygen atoms in total. The normalized spacial score (nSPS) is 11.4. The zero-order valence-corrected chi connectivity index (χ0v) is 9.77. The lowest BCUT2D eigenvalue weighted by molar-refractivity contribution is 0.153. The van der Waals surface area contributed by atoms with E-state index in [0.29, 0.717) is 10.1 Å². The maximum absolute atomic E-state index is 12.6. The molecule has 0 aliphatic rings. The maximum atomic E-state index is 12.6. The summed E-state index contributed by atoms with van der Waals surface area (Å²) in [4.78, 5) is 0. The van der Waals surface area contributed by atoms with Crippen LogP contribution in [0.15, 0.2) is 18.2 Å². The van der Waals surface area contributed by atoms with E-state index in [1.54, 1.807) is 6.07 Å². The van der Waals surface area contributed by atoms with E-state index in [1.165, 1.54) is 23.5 Å². The summed E-state index contributed by atoms with van der Waals surface area (Å²) in [5.41, 5.74) is -0.0167. The summed E-state index contributed by atoms with van der Waals surface area (Å²) in [6.07, 6.45) is -2.50. The average molecular weight is 326 g/mol. The Morgan fingerprint density at radius 2 is 2.07 bits per heavy atom. The topological polar surface area (TPSA) is 20.2 Å². The Labute approximate surface area is 96.5 Å². The van der Waals surface area contributed by atoms with E-state index in [4.69, 9.17) is 0 Å². The van der Waals surface area contributed by atoms with Crippen LogP contribution in [0.1, 0.15) is 12.0 Å². The number of halogens is 3. The Balaban J connectivity index is 2.81. The third-order valence-electron chi connectivity index (χ3n) is 1.90. The molecule has 1 aromatic carbocycles. The van der Waals surface area contributed by atoms with Gasteiger partial charge < -0.3 is 5.11 Å². The van der Waals surface area contributed by atoms with Gasteiger partial charge in [0.25, 0.3) is 6.43 Å². The summed E-state index contributed by atoms with van der Waals surface area (Å²) in [5, 5.41) is 9.91. The Morgan fingerprint density at radius 3 is 2.71 bits per heavy atom. The average Bonchev–Trinajstić information content (AvgIpc) is 2.47. The number of benzene rings is 1. The lowest BCUT2D eigenvalue weighted by Crippen LogP contribution is -1.83. The minimum absolute atomic E-state index is 0.0167. The third-order valence-corrected chi connectivity index (χ3v) is 3.82. The molecular formula is C9H5F2IOS. The van der Waals surface area contributed by atoms with Crippen LogP contribution < -0.4 is 0 Å². The number of hydrogen-bond donors (Lipinski definition) is 1. The van der Waals surface area contributed by atoms with Crippen LogP contribution in [0.4, 0.5) is 8.78 Å². The second-order valence-corrected chi connectivity index (χ2v) is 5.71. The van der Waals surface area contributed by atoms with E-state index in [-0.39, 0.29) is 11.3 Å². The number of fused-ring (bicyclic) bond motifs is 1. The van der Waals surface area contributed by atoms with E-state index in [1.807, 2.05) is 0 Å². The van der Waals surface area contributed by atoms with Crippen molar-refractivity contribution in [2.75, 3.05) is 0 Å². The summed E-state index contributed by atoms with van der Waals surface area (Å²) in [6, 6.07) is 4.25. The summed E-state index contributed by atoms with van der Waals surface area (Å²) in [5.74, 6) is 0.0670. The molecule has 5 heteroatoms. The summed E-state index contributed by atoms with van der Waals surface area (Å²) >= 11 is 3.37. The molecule has 0 amide bonds. The van der Waals surface area contributed by atoms with Crippen molar-refractivity contribution >= 4 is 44.0 Å². The fraction of sp³-hybridized carbons (Fsp3) is 0.111. The molecule has 0 saturated carbocycles. The number of phenolic OH excluding ortho intramolecular Hbond substituents is 1. The van der Waals surface area contributed by atoms with E-state index in [0.717, 1.165) is 2.88 Å². The van der Waals surface area contributed by atoms with Crippen LogP contribution in [0, 0.1) is 2.88 Å². The van der Waals surface area contributed by atoms with Gasteiger partial charge in [0.05, 0.1) is 7.58 Å². The zero-order valence-electron chi connectivity index (χ0n) is 6.80. The Morgan fingerprint density at radius 1 is 1.36 bits per heavy atom. The molecule has 0 fully saturated rings. The Bertz CT molecular complexity index is 481. The fourth-order valence-corrected chi connectivity index (χ4v) is 3.09. The molecule has 2 aromatic rings. The van der Waals surface area contributed by atoms with Crippen molar-refractivity contribution in [3.8, 4) is 5.75 Å². The predicted molar refractivity (Wildman–Crippen MR) is 61.2 cm³/mol. The first-order valence-electron chi connectivity index (χ1n) is 3.78. The molecule has 1 aromatic heterocycles. The predicted octanol–water partition coefficient (Wildman–Crippen LogP) is 4.15.